The third-order valence-electron chi connectivity index (χ3n) is 5.74. The first-order valence-electron chi connectivity index (χ1n) is 10.6. The number of nitrogens with zero attached hydrogens (tertiary/aromatic N) is 2. The van der Waals surface area contributed by atoms with E-state index >= 15 is 0 Å². The molecule has 0 saturated carbocycles. The summed E-state index contributed by atoms with van der Waals surface area (Å²) >= 11 is 0. The molecule has 0 aromatic heterocycles. The molecule has 1 aliphatic heterocycles. The highest BCUT2D eigenvalue weighted by molar-refractivity contribution is 5.77. The van der Waals surface area contributed by atoms with Gasteiger partial charge in [-0.15, -0.1) is 0 Å². The first kappa shape index (κ1) is 22.0. The van der Waals surface area contributed by atoms with Crippen molar-refractivity contribution in [2.45, 2.75) is 13.1 Å². The number of carbonyl (C=O) groups is 1. The number of nitrogens with one attached hydrogen (secondary N) is 2. The lowest BCUT2D eigenvalue weighted by Gasteiger charge is -2.31. The SMILES string of the molecule is COCCN(Cc1ccccc1)C(=O)C[NH+]1CC[NH+](Cc2ccc(C#N)cc2)CC1. The summed E-state index contributed by atoms with van der Waals surface area (Å²) in [6.07, 6.45) is 0. The maximum Gasteiger partial charge on any atom is 0.278 e. The van der Waals surface area contributed by atoms with E-state index in [1.165, 1.54) is 15.4 Å². The number of methoxy groups -OCH3 is 1. The molecule has 1 heterocycles. The number of benzene rings is 2. The molecule has 2 N–H and O–H groups in total. The first-order chi connectivity index (χ1) is 14.7. The number of carbonyl (C=O) groups excluding carboxylic acids is 1. The number of hydrogen-bond acceptors (Lipinski definition) is 3. The Morgan fingerprint density at radius 1 is 1.00 bits per heavy atom. The molecule has 3 rings (SSSR count). The fraction of sp³-hybridized carbons (Fsp3) is 0.417. The Morgan fingerprint density at radius 2 is 1.67 bits per heavy atom. The average Bonchev–Trinajstić information content (AvgIpc) is 2.79. The van der Waals surface area contributed by atoms with E-state index in [9.17, 15) is 4.79 Å². The topological polar surface area (TPSA) is 62.2 Å². The van der Waals surface area contributed by atoms with E-state index in [-0.39, 0.29) is 5.91 Å². The Balaban J connectivity index is 1.48. The van der Waals surface area contributed by atoms with Gasteiger partial charge >= 0.3 is 0 Å². The van der Waals surface area contributed by atoms with Gasteiger partial charge in [-0.05, 0) is 17.7 Å². The Kier molecular flexibility index (Phi) is 8.40. The normalized spacial score (nSPS) is 18.5. The molecule has 1 amide bonds. The molecule has 6 nitrogen and oxygen atoms in total. The van der Waals surface area contributed by atoms with E-state index in [0.717, 1.165) is 38.3 Å². The average molecular weight is 409 g/mol. The van der Waals surface area contributed by atoms with Gasteiger partial charge in [-0.25, -0.2) is 0 Å². The van der Waals surface area contributed by atoms with Crippen LogP contribution in [0.25, 0.3) is 0 Å². The predicted octanol–water partition coefficient (Wildman–Crippen LogP) is -0.483. The fourth-order valence-electron chi connectivity index (χ4n) is 3.92. The van der Waals surface area contributed by atoms with Crippen LogP contribution in [0.1, 0.15) is 16.7 Å². The second kappa shape index (κ2) is 11.5. The maximum atomic E-state index is 13.0. The third-order valence-corrected chi connectivity index (χ3v) is 5.74. The summed E-state index contributed by atoms with van der Waals surface area (Å²) in [4.78, 5) is 17.8. The van der Waals surface area contributed by atoms with Crippen molar-refractivity contribution in [1.82, 2.24) is 4.90 Å². The minimum absolute atomic E-state index is 0.196. The highest BCUT2D eigenvalue weighted by Crippen LogP contribution is 2.04. The van der Waals surface area contributed by atoms with Crippen LogP contribution in [0.4, 0.5) is 0 Å². The largest absolute Gasteiger partial charge is 0.383 e. The minimum atomic E-state index is 0.196. The molecule has 2 aromatic rings. The van der Waals surface area contributed by atoms with Crippen molar-refractivity contribution in [3.63, 3.8) is 0 Å². The van der Waals surface area contributed by atoms with Gasteiger partial charge in [0, 0.05) is 25.8 Å². The van der Waals surface area contributed by atoms with Crippen LogP contribution in [-0.2, 0) is 22.6 Å². The van der Waals surface area contributed by atoms with E-state index in [1.807, 2.05) is 47.4 Å². The van der Waals surface area contributed by atoms with E-state index in [4.69, 9.17) is 10.00 Å². The van der Waals surface area contributed by atoms with E-state index in [2.05, 4.69) is 18.2 Å². The van der Waals surface area contributed by atoms with Crippen molar-refractivity contribution in [1.29, 1.82) is 5.26 Å². The molecule has 1 fully saturated rings. The molecule has 0 radical (unpaired) electrons. The molecular formula is C24H32N4O2+2. The Hall–Kier alpha value is -2.72. The summed E-state index contributed by atoms with van der Waals surface area (Å²) in [7, 11) is 1.67. The lowest BCUT2D eigenvalue weighted by Crippen LogP contribution is -3.28. The number of rotatable bonds is 9. The lowest BCUT2D eigenvalue weighted by molar-refractivity contribution is -1.02. The fourth-order valence-corrected chi connectivity index (χ4v) is 3.92. The number of hydrogen-bond donors (Lipinski definition) is 2. The zero-order chi connectivity index (χ0) is 21.2. The van der Waals surface area contributed by atoms with Crippen LogP contribution < -0.4 is 9.80 Å². The second-order valence-corrected chi connectivity index (χ2v) is 7.96. The molecule has 2 aromatic carbocycles. The van der Waals surface area contributed by atoms with Crippen molar-refractivity contribution < 1.29 is 19.3 Å². The monoisotopic (exact) mass is 408 g/mol. The van der Waals surface area contributed by atoms with Gasteiger partial charge in [0.05, 0.1) is 18.2 Å². The number of quaternary nitrogens is 2. The highest BCUT2D eigenvalue weighted by atomic mass is 16.5. The summed E-state index contributed by atoms with van der Waals surface area (Å²) in [5, 5.41) is 8.92. The zero-order valence-corrected chi connectivity index (χ0v) is 17.8. The molecule has 0 unspecified atom stereocenters. The number of ether oxygens (including phenoxy) is 1. The molecule has 1 saturated heterocycles. The third kappa shape index (κ3) is 6.67. The van der Waals surface area contributed by atoms with Crippen LogP contribution in [0.3, 0.4) is 0 Å². The van der Waals surface area contributed by atoms with E-state index in [1.54, 1.807) is 7.11 Å². The van der Waals surface area contributed by atoms with E-state index < -0.39 is 0 Å². The Morgan fingerprint density at radius 3 is 2.30 bits per heavy atom. The van der Waals surface area contributed by atoms with Crippen molar-refractivity contribution in [2.24, 2.45) is 0 Å². The van der Waals surface area contributed by atoms with Crippen LogP contribution in [0.5, 0.6) is 0 Å². The molecule has 6 heteroatoms. The van der Waals surface area contributed by atoms with Gasteiger partial charge in [0.25, 0.3) is 5.91 Å². The van der Waals surface area contributed by atoms with Gasteiger partial charge in [-0.1, -0.05) is 42.5 Å². The Labute approximate surface area is 179 Å². The molecule has 158 valence electrons. The van der Waals surface area contributed by atoms with Gasteiger partial charge in [0.2, 0.25) is 0 Å². The second-order valence-electron chi connectivity index (χ2n) is 7.96. The van der Waals surface area contributed by atoms with Crippen LogP contribution in [0.2, 0.25) is 0 Å². The van der Waals surface area contributed by atoms with Crippen molar-refractivity contribution in [2.75, 3.05) is 53.0 Å². The summed E-state index contributed by atoms with van der Waals surface area (Å²) in [6, 6.07) is 20.2. The van der Waals surface area contributed by atoms with Crippen LogP contribution in [0.15, 0.2) is 54.6 Å². The van der Waals surface area contributed by atoms with Crippen LogP contribution in [0, 0.1) is 11.3 Å². The van der Waals surface area contributed by atoms with Crippen LogP contribution in [-0.4, -0.2) is 63.8 Å². The standard InChI is InChI=1S/C24H30N4O2/c1-30-16-15-28(19-22-5-3-2-4-6-22)24(29)20-27-13-11-26(12-14-27)18-23-9-7-21(17-25)8-10-23/h2-10H,11-16,18-20H2,1H3/p+2. The van der Waals surface area contributed by atoms with Crippen molar-refractivity contribution in [3.05, 3.63) is 71.3 Å². The van der Waals surface area contributed by atoms with Gasteiger partial charge < -0.3 is 19.4 Å². The molecule has 0 atom stereocenters. The molecule has 0 spiro atoms. The van der Waals surface area contributed by atoms with Crippen molar-refractivity contribution >= 4 is 5.91 Å². The predicted molar refractivity (Wildman–Crippen MR) is 115 cm³/mol. The quantitative estimate of drug-likeness (QED) is 0.589. The summed E-state index contributed by atoms with van der Waals surface area (Å²) in [5.74, 6) is 0.196. The molecule has 30 heavy (non-hydrogen) atoms. The lowest BCUT2D eigenvalue weighted by atomic mass is 10.1. The zero-order valence-electron chi connectivity index (χ0n) is 17.8. The summed E-state index contributed by atoms with van der Waals surface area (Å²) in [6.45, 7) is 7.43. The molecule has 0 aliphatic carbocycles. The molecular weight excluding hydrogens is 376 g/mol. The highest BCUT2D eigenvalue weighted by Gasteiger charge is 2.27. The molecule has 1 aliphatic rings. The number of amides is 1. The summed E-state index contributed by atoms with van der Waals surface area (Å²) < 4.78 is 5.21. The van der Waals surface area contributed by atoms with Crippen molar-refractivity contribution in [3.8, 4) is 6.07 Å². The minimum Gasteiger partial charge on any atom is -0.383 e. The van der Waals surface area contributed by atoms with Crippen LogP contribution >= 0.6 is 0 Å². The summed E-state index contributed by atoms with van der Waals surface area (Å²) in [5.41, 5.74) is 3.11. The first-order valence-corrected chi connectivity index (χ1v) is 10.6. The maximum absolute atomic E-state index is 13.0. The van der Waals surface area contributed by atoms with Gasteiger partial charge in [-0.2, -0.15) is 5.26 Å². The number of piperazine rings is 1. The smallest absolute Gasteiger partial charge is 0.278 e. The Bertz CT molecular complexity index is 825. The van der Waals surface area contributed by atoms with Gasteiger partial charge in [0.1, 0.15) is 32.7 Å². The van der Waals surface area contributed by atoms with Gasteiger partial charge in [0.15, 0.2) is 6.54 Å². The van der Waals surface area contributed by atoms with Gasteiger partial charge in [-0.3, -0.25) is 4.79 Å². The van der Waals surface area contributed by atoms with E-state index in [0.29, 0.717) is 31.8 Å². The number of nitriles is 1. The molecule has 0 bridgehead atoms.